The Balaban J connectivity index is 1.59. The molecular weight excluding hydrogens is 536 g/mol. The number of amides is 1. The van der Waals surface area contributed by atoms with Crippen LogP contribution in [0.1, 0.15) is 80.8 Å². The highest BCUT2D eigenvalue weighted by molar-refractivity contribution is 7.92. The molecule has 1 fully saturated rings. The van der Waals surface area contributed by atoms with E-state index < -0.39 is 10.0 Å². The number of benzene rings is 2. The van der Waals surface area contributed by atoms with Crippen LogP contribution in [0.4, 0.5) is 5.95 Å². The highest BCUT2D eigenvalue weighted by atomic mass is 32.2. The van der Waals surface area contributed by atoms with Gasteiger partial charge in [-0.3, -0.25) is 4.79 Å². The molecule has 9 heteroatoms. The first-order valence-corrected chi connectivity index (χ1v) is 16.0. The largest absolute Gasteiger partial charge is 0.475 e. The van der Waals surface area contributed by atoms with Crippen LogP contribution in [0.3, 0.4) is 0 Å². The monoisotopic (exact) mass is 576 g/mol. The molecule has 4 bridgehead atoms. The lowest BCUT2D eigenvalue weighted by Crippen LogP contribution is -2.41. The van der Waals surface area contributed by atoms with Gasteiger partial charge in [0.25, 0.3) is 15.9 Å². The molecule has 5 rings (SSSR count). The lowest BCUT2D eigenvalue weighted by Gasteiger charge is -2.27. The molecule has 0 saturated heterocycles. The van der Waals surface area contributed by atoms with Gasteiger partial charge in [-0.1, -0.05) is 77.1 Å². The van der Waals surface area contributed by atoms with Crippen molar-refractivity contribution in [3.05, 3.63) is 65.2 Å². The molecule has 1 aromatic heterocycles. The maximum atomic E-state index is 13.4. The topological polar surface area (TPSA) is 110 Å². The van der Waals surface area contributed by atoms with Gasteiger partial charge in [0, 0.05) is 17.2 Å². The standard InChI is InChI=1S/C32H40N4O4S/c1-21-10-8-13-23(16-22-11-6-5-7-12-22)29(21)27-18-28-35-31(34-27)36-41(38,39)26-15-9-14-24(17-26)30(37)33-25(20-40-28)19-32(2,3)4/h8-10,13-15,17-18,22,25H,5-7,11-12,16,19-20H2,1-4H3,(H,33,37)(H,34,35,36)/t25-/m1/s1. The molecule has 1 saturated carbocycles. The van der Waals surface area contributed by atoms with Crippen molar-refractivity contribution in [2.75, 3.05) is 11.3 Å². The van der Waals surface area contributed by atoms with Gasteiger partial charge in [-0.25, -0.2) is 18.1 Å². The van der Waals surface area contributed by atoms with Crippen molar-refractivity contribution >= 4 is 21.9 Å². The van der Waals surface area contributed by atoms with Gasteiger partial charge in [0.05, 0.1) is 16.6 Å². The zero-order chi connectivity index (χ0) is 29.2. The minimum atomic E-state index is -4.08. The Morgan fingerprint density at radius 1 is 1.00 bits per heavy atom. The van der Waals surface area contributed by atoms with Gasteiger partial charge >= 0.3 is 0 Å². The first kappa shape index (κ1) is 29.0. The van der Waals surface area contributed by atoms with Gasteiger partial charge < -0.3 is 10.1 Å². The van der Waals surface area contributed by atoms with E-state index in [0.29, 0.717) is 18.0 Å². The summed E-state index contributed by atoms with van der Waals surface area (Å²) in [6.45, 7) is 8.53. The van der Waals surface area contributed by atoms with Gasteiger partial charge in [0.2, 0.25) is 11.8 Å². The second kappa shape index (κ2) is 11.8. The number of anilines is 1. The first-order chi connectivity index (χ1) is 19.5. The first-order valence-electron chi connectivity index (χ1n) is 14.5. The number of hydrogen-bond donors (Lipinski definition) is 2. The molecule has 0 spiro atoms. The third-order valence-corrected chi connectivity index (χ3v) is 9.14. The fourth-order valence-corrected chi connectivity index (χ4v) is 6.96. The minimum absolute atomic E-state index is 0.0397. The van der Waals surface area contributed by atoms with E-state index in [1.54, 1.807) is 18.2 Å². The third-order valence-electron chi connectivity index (χ3n) is 7.81. The zero-order valence-corrected chi connectivity index (χ0v) is 25.2. The van der Waals surface area contributed by atoms with E-state index >= 15 is 0 Å². The fraction of sp³-hybridized carbons (Fsp3) is 0.469. The number of carbonyl (C=O) groups is 1. The number of nitrogens with zero attached hydrogens (tertiary/aromatic N) is 2. The summed E-state index contributed by atoms with van der Waals surface area (Å²) in [5, 5.41) is 3.04. The van der Waals surface area contributed by atoms with Crippen molar-refractivity contribution in [3.63, 3.8) is 0 Å². The molecule has 1 aliphatic carbocycles. The summed E-state index contributed by atoms with van der Waals surface area (Å²) in [7, 11) is -4.08. The van der Waals surface area contributed by atoms with E-state index in [-0.39, 0.29) is 46.3 Å². The molecule has 0 unspecified atom stereocenters. The van der Waals surface area contributed by atoms with Gasteiger partial charge in [0.15, 0.2) is 0 Å². The molecule has 1 amide bonds. The summed E-state index contributed by atoms with van der Waals surface area (Å²) in [4.78, 5) is 22.3. The number of nitrogens with one attached hydrogen (secondary N) is 2. The van der Waals surface area contributed by atoms with Crippen molar-refractivity contribution < 1.29 is 17.9 Å². The lowest BCUT2D eigenvalue weighted by molar-refractivity contribution is 0.0903. The fourth-order valence-electron chi connectivity index (χ4n) is 5.97. The van der Waals surface area contributed by atoms with Crippen molar-refractivity contribution in [2.45, 2.75) is 83.6 Å². The van der Waals surface area contributed by atoms with Crippen molar-refractivity contribution in [1.29, 1.82) is 0 Å². The average molecular weight is 577 g/mol. The number of ether oxygens (including phenoxy) is 1. The van der Waals surface area contributed by atoms with E-state index in [1.165, 1.54) is 49.8 Å². The Morgan fingerprint density at radius 2 is 1.76 bits per heavy atom. The predicted octanol–water partition coefficient (Wildman–Crippen LogP) is 6.30. The van der Waals surface area contributed by atoms with Crippen LogP contribution in [0.15, 0.2) is 53.4 Å². The maximum Gasteiger partial charge on any atom is 0.264 e. The summed E-state index contributed by atoms with van der Waals surface area (Å²) in [6, 6.07) is 13.7. The van der Waals surface area contributed by atoms with Crippen LogP contribution in [0.2, 0.25) is 0 Å². The second-order valence-electron chi connectivity index (χ2n) is 12.6. The SMILES string of the molecule is Cc1cccc(CC2CCCCC2)c1-c1cc2nc(n1)NS(=O)(=O)c1cccc(c1)C(=O)N[C@H](CC(C)(C)C)CO2. The van der Waals surface area contributed by atoms with Crippen molar-refractivity contribution in [1.82, 2.24) is 15.3 Å². The summed E-state index contributed by atoms with van der Waals surface area (Å²) in [5.74, 6) is 0.444. The lowest BCUT2D eigenvalue weighted by atomic mass is 9.83. The number of aromatic nitrogens is 2. The smallest absolute Gasteiger partial charge is 0.264 e. The summed E-state index contributed by atoms with van der Waals surface area (Å²) >= 11 is 0. The number of hydrogen-bond acceptors (Lipinski definition) is 6. The Bertz CT molecular complexity index is 1520. The van der Waals surface area contributed by atoms with Crippen LogP contribution < -0.4 is 14.8 Å². The Labute approximate surface area is 243 Å². The van der Waals surface area contributed by atoms with E-state index in [4.69, 9.17) is 9.72 Å². The molecule has 8 nitrogen and oxygen atoms in total. The number of aryl methyl sites for hydroxylation is 1. The molecule has 2 heterocycles. The quantitative estimate of drug-likeness (QED) is 0.377. The summed E-state index contributed by atoms with van der Waals surface area (Å²) in [6.07, 6.45) is 7.86. The Hall–Kier alpha value is -3.46. The molecule has 2 N–H and O–H groups in total. The number of rotatable bonds is 4. The van der Waals surface area contributed by atoms with Crippen LogP contribution in [0, 0.1) is 18.3 Å². The summed E-state index contributed by atoms with van der Waals surface area (Å²) in [5.41, 5.74) is 4.01. The molecular formula is C32H40N4O4S. The van der Waals surface area contributed by atoms with Crippen LogP contribution in [-0.4, -0.2) is 36.9 Å². The molecule has 0 radical (unpaired) electrons. The van der Waals surface area contributed by atoms with E-state index in [0.717, 1.165) is 17.5 Å². The van der Waals surface area contributed by atoms with Gasteiger partial charge in [-0.05, 0) is 60.4 Å². The number of fused-ring (bicyclic) bond motifs is 4. The molecule has 2 aliphatic rings. The normalized spacial score (nSPS) is 19.5. The predicted molar refractivity (Wildman–Crippen MR) is 161 cm³/mol. The number of sulfonamides is 1. The molecule has 41 heavy (non-hydrogen) atoms. The highest BCUT2D eigenvalue weighted by Gasteiger charge is 2.26. The second-order valence-corrected chi connectivity index (χ2v) is 14.3. The van der Waals surface area contributed by atoms with Gasteiger partial charge in [-0.2, -0.15) is 4.98 Å². The van der Waals surface area contributed by atoms with E-state index in [9.17, 15) is 13.2 Å². The van der Waals surface area contributed by atoms with Gasteiger partial charge in [0.1, 0.15) is 6.61 Å². The molecule has 1 atom stereocenters. The third kappa shape index (κ3) is 7.25. The molecule has 2 aromatic carbocycles. The Kier molecular flexibility index (Phi) is 8.36. The number of carbonyl (C=O) groups excluding carboxylic acids is 1. The van der Waals surface area contributed by atoms with Crippen LogP contribution >= 0.6 is 0 Å². The molecule has 218 valence electrons. The summed E-state index contributed by atoms with van der Waals surface area (Å²) < 4.78 is 35.5. The van der Waals surface area contributed by atoms with Crippen molar-refractivity contribution in [2.24, 2.45) is 11.3 Å². The average Bonchev–Trinajstić information content (AvgIpc) is 2.91. The van der Waals surface area contributed by atoms with Crippen LogP contribution in [-0.2, 0) is 16.4 Å². The van der Waals surface area contributed by atoms with Gasteiger partial charge in [-0.15, -0.1) is 0 Å². The minimum Gasteiger partial charge on any atom is -0.475 e. The Morgan fingerprint density at radius 3 is 2.51 bits per heavy atom. The zero-order valence-electron chi connectivity index (χ0n) is 24.4. The van der Waals surface area contributed by atoms with E-state index in [1.807, 2.05) is 0 Å². The highest BCUT2D eigenvalue weighted by Crippen LogP contribution is 2.34. The van der Waals surface area contributed by atoms with E-state index in [2.05, 4.69) is 60.9 Å². The maximum absolute atomic E-state index is 13.4. The van der Waals surface area contributed by atoms with Crippen LogP contribution in [0.5, 0.6) is 5.88 Å². The van der Waals surface area contributed by atoms with Crippen molar-refractivity contribution in [3.8, 4) is 17.1 Å². The van der Waals surface area contributed by atoms with Crippen LogP contribution in [0.25, 0.3) is 11.3 Å². The molecule has 3 aromatic rings. The molecule has 1 aliphatic heterocycles.